The smallest absolute Gasteiger partial charge is 0.428 e. The van der Waals surface area contributed by atoms with Gasteiger partial charge in [-0.2, -0.15) is 17.6 Å². The zero-order valence-corrected chi connectivity index (χ0v) is 21.1. The van der Waals surface area contributed by atoms with Gasteiger partial charge in [-0.3, -0.25) is 4.98 Å². The van der Waals surface area contributed by atoms with E-state index in [-0.39, 0.29) is 29.1 Å². The summed E-state index contributed by atoms with van der Waals surface area (Å²) in [5, 5.41) is 5.56. The predicted molar refractivity (Wildman–Crippen MR) is 132 cm³/mol. The van der Waals surface area contributed by atoms with E-state index in [4.69, 9.17) is 11.6 Å². The summed E-state index contributed by atoms with van der Waals surface area (Å²) < 4.78 is 86.4. The molecule has 0 saturated heterocycles. The minimum atomic E-state index is -4.91. The Labute approximate surface area is 225 Å². The normalized spacial score (nSPS) is 19.0. The fourth-order valence-corrected chi connectivity index (χ4v) is 4.71. The molecule has 4 rings (SSSR count). The summed E-state index contributed by atoms with van der Waals surface area (Å²) in [6.45, 7) is 0. The molecular weight excluding hydrogens is 548 g/mol. The van der Waals surface area contributed by atoms with Crippen LogP contribution in [0.15, 0.2) is 66.9 Å². The van der Waals surface area contributed by atoms with E-state index in [0.717, 1.165) is 12.1 Å². The van der Waals surface area contributed by atoms with E-state index < -0.39 is 47.9 Å². The first-order valence-corrected chi connectivity index (χ1v) is 12.4. The number of alkyl halides is 5. The lowest BCUT2D eigenvalue weighted by Gasteiger charge is -2.36. The molecule has 2 amide bonds. The molecule has 1 heterocycles. The Morgan fingerprint density at radius 3 is 2.46 bits per heavy atom. The van der Waals surface area contributed by atoms with E-state index in [9.17, 15) is 31.1 Å². The second kappa shape index (κ2) is 11.7. The SMILES string of the molecule is O=C(N[C@H]1CCC[C@@H]1F)N[C@@](Cc1ccccc1)(c1cc(F)cc(OC(F)(F)C(F)F)c1)c1ccc(Cl)cn1. The molecule has 2 aromatic carbocycles. The fourth-order valence-electron chi connectivity index (χ4n) is 4.60. The van der Waals surface area contributed by atoms with Crippen LogP contribution in [0, 0.1) is 5.82 Å². The van der Waals surface area contributed by atoms with Gasteiger partial charge in [-0.05, 0) is 54.7 Å². The highest BCUT2D eigenvalue weighted by Gasteiger charge is 2.45. The average Bonchev–Trinajstić information content (AvgIpc) is 3.27. The maximum atomic E-state index is 14.8. The summed E-state index contributed by atoms with van der Waals surface area (Å²) in [5.74, 6) is -2.00. The number of urea groups is 1. The molecule has 5 nitrogen and oxygen atoms in total. The lowest BCUT2D eigenvalue weighted by atomic mass is 9.80. The molecule has 1 saturated carbocycles. The Hall–Kier alpha value is -3.47. The van der Waals surface area contributed by atoms with Crippen molar-refractivity contribution in [3.05, 3.63) is 94.5 Å². The van der Waals surface area contributed by atoms with Gasteiger partial charge in [-0.15, -0.1) is 0 Å². The number of carbonyl (C=O) groups excluding carboxylic acids is 1. The van der Waals surface area contributed by atoms with Crippen LogP contribution in [-0.4, -0.2) is 35.8 Å². The number of ether oxygens (including phenoxy) is 1. The van der Waals surface area contributed by atoms with Crippen LogP contribution >= 0.6 is 11.6 Å². The maximum Gasteiger partial charge on any atom is 0.461 e. The molecule has 0 bridgehead atoms. The van der Waals surface area contributed by atoms with Crippen molar-refractivity contribution < 1.29 is 35.9 Å². The Bertz CT molecular complexity index is 1280. The molecule has 1 aromatic heterocycles. The molecule has 39 heavy (non-hydrogen) atoms. The standard InChI is InChI=1S/C27H24ClF6N3O2/c28-18-9-10-23(35-15-18)26(14-16-5-2-1-3-6-16,37-25(38)36-22-8-4-7-21(22)30)17-11-19(29)13-20(12-17)39-27(33,34)24(31)32/h1-3,5-6,9-13,15,21-22,24H,4,7-8,14H2,(H2,36,37,38)/t21-,22-,26-/m0/s1. The molecule has 1 aliphatic rings. The van der Waals surface area contributed by atoms with Gasteiger partial charge in [0.25, 0.3) is 0 Å². The third-order valence-corrected chi connectivity index (χ3v) is 6.65. The van der Waals surface area contributed by atoms with Gasteiger partial charge < -0.3 is 15.4 Å². The number of hydrogen-bond acceptors (Lipinski definition) is 3. The Morgan fingerprint density at radius 2 is 1.85 bits per heavy atom. The van der Waals surface area contributed by atoms with Gasteiger partial charge in [-0.25, -0.2) is 13.6 Å². The molecule has 3 atom stereocenters. The maximum absolute atomic E-state index is 14.8. The first-order valence-electron chi connectivity index (χ1n) is 12.0. The van der Waals surface area contributed by atoms with Crippen molar-refractivity contribution in [3.8, 4) is 5.75 Å². The summed E-state index contributed by atoms with van der Waals surface area (Å²) in [4.78, 5) is 17.6. The molecular formula is C27H24ClF6N3O2. The summed E-state index contributed by atoms with van der Waals surface area (Å²) in [6, 6.07) is 12.3. The minimum absolute atomic E-state index is 0.0895. The monoisotopic (exact) mass is 571 g/mol. The lowest BCUT2D eigenvalue weighted by molar-refractivity contribution is -0.253. The topological polar surface area (TPSA) is 63.2 Å². The Morgan fingerprint density at radius 1 is 1.10 bits per heavy atom. The van der Waals surface area contributed by atoms with Crippen molar-refractivity contribution >= 4 is 17.6 Å². The Kier molecular flexibility index (Phi) is 8.58. The number of carbonyl (C=O) groups is 1. The highest BCUT2D eigenvalue weighted by atomic mass is 35.5. The molecule has 208 valence electrons. The molecule has 0 unspecified atom stereocenters. The number of benzene rings is 2. The van der Waals surface area contributed by atoms with Crippen molar-refractivity contribution in [1.82, 2.24) is 15.6 Å². The molecule has 0 aliphatic heterocycles. The van der Waals surface area contributed by atoms with Crippen LogP contribution in [0.2, 0.25) is 5.02 Å². The van der Waals surface area contributed by atoms with Gasteiger partial charge in [0, 0.05) is 18.7 Å². The number of pyridine rings is 1. The molecule has 0 spiro atoms. The molecule has 12 heteroatoms. The number of nitrogens with zero attached hydrogens (tertiary/aromatic N) is 1. The summed E-state index contributed by atoms with van der Waals surface area (Å²) in [7, 11) is 0. The van der Waals surface area contributed by atoms with Crippen LogP contribution < -0.4 is 15.4 Å². The first kappa shape index (κ1) is 28.5. The molecule has 2 N–H and O–H groups in total. The number of aromatic nitrogens is 1. The zero-order valence-electron chi connectivity index (χ0n) is 20.3. The average molecular weight is 572 g/mol. The van der Waals surface area contributed by atoms with E-state index >= 15 is 0 Å². The third kappa shape index (κ3) is 6.76. The minimum Gasteiger partial charge on any atom is -0.428 e. The summed E-state index contributed by atoms with van der Waals surface area (Å²) in [6.07, 6.45) is -7.92. The number of amides is 2. The van der Waals surface area contributed by atoms with Crippen molar-refractivity contribution in [2.24, 2.45) is 0 Å². The third-order valence-electron chi connectivity index (χ3n) is 6.42. The largest absolute Gasteiger partial charge is 0.461 e. The predicted octanol–water partition coefficient (Wildman–Crippen LogP) is 6.79. The van der Waals surface area contributed by atoms with Crippen LogP contribution in [0.3, 0.4) is 0 Å². The van der Waals surface area contributed by atoms with Gasteiger partial charge >= 0.3 is 18.6 Å². The van der Waals surface area contributed by atoms with Crippen LogP contribution in [0.4, 0.5) is 31.1 Å². The van der Waals surface area contributed by atoms with Crippen molar-refractivity contribution in [1.29, 1.82) is 0 Å². The van der Waals surface area contributed by atoms with Crippen molar-refractivity contribution in [2.75, 3.05) is 0 Å². The number of rotatable bonds is 9. The van der Waals surface area contributed by atoms with E-state index in [2.05, 4.69) is 20.4 Å². The van der Waals surface area contributed by atoms with Crippen LogP contribution in [0.5, 0.6) is 5.75 Å². The van der Waals surface area contributed by atoms with Crippen LogP contribution in [0.1, 0.15) is 36.1 Å². The number of nitrogens with one attached hydrogen (secondary N) is 2. The lowest BCUT2D eigenvalue weighted by Crippen LogP contribution is -2.55. The quantitative estimate of drug-likeness (QED) is 0.278. The van der Waals surface area contributed by atoms with Crippen LogP contribution in [0.25, 0.3) is 0 Å². The molecule has 3 aromatic rings. The number of halogens is 7. The van der Waals surface area contributed by atoms with Gasteiger partial charge in [0.1, 0.15) is 23.3 Å². The molecule has 1 fully saturated rings. The van der Waals surface area contributed by atoms with E-state index in [1.807, 2.05) is 0 Å². The second-order valence-corrected chi connectivity index (χ2v) is 9.66. The second-order valence-electron chi connectivity index (χ2n) is 9.22. The fraction of sp³-hybridized carbons (Fsp3) is 0.333. The van der Waals surface area contributed by atoms with Gasteiger partial charge in [-0.1, -0.05) is 41.9 Å². The van der Waals surface area contributed by atoms with Crippen molar-refractivity contribution in [2.45, 2.75) is 56.0 Å². The number of hydrogen-bond donors (Lipinski definition) is 2. The highest BCUT2D eigenvalue weighted by Crippen LogP contribution is 2.37. The van der Waals surface area contributed by atoms with Gasteiger partial charge in [0.05, 0.1) is 16.8 Å². The summed E-state index contributed by atoms with van der Waals surface area (Å²) in [5.41, 5.74) is -1.17. The Balaban J connectivity index is 1.86. The summed E-state index contributed by atoms with van der Waals surface area (Å²) >= 11 is 6.02. The van der Waals surface area contributed by atoms with Gasteiger partial charge in [0.2, 0.25) is 0 Å². The van der Waals surface area contributed by atoms with Gasteiger partial charge in [0.15, 0.2) is 0 Å². The van der Waals surface area contributed by atoms with E-state index in [1.54, 1.807) is 30.3 Å². The highest BCUT2D eigenvalue weighted by molar-refractivity contribution is 6.30. The van der Waals surface area contributed by atoms with E-state index in [0.29, 0.717) is 24.5 Å². The van der Waals surface area contributed by atoms with E-state index in [1.165, 1.54) is 18.3 Å². The molecule has 0 radical (unpaired) electrons. The van der Waals surface area contributed by atoms with Crippen LogP contribution in [-0.2, 0) is 12.0 Å². The molecule has 1 aliphatic carbocycles. The van der Waals surface area contributed by atoms with Crippen molar-refractivity contribution in [3.63, 3.8) is 0 Å². The zero-order chi connectivity index (χ0) is 28.2. The first-order chi connectivity index (χ1) is 18.5.